The highest BCUT2D eigenvalue weighted by atomic mass is 32.2. The lowest BCUT2D eigenvalue weighted by Gasteiger charge is -2.40. The lowest BCUT2D eigenvalue weighted by molar-refractivity contribution is -0.158. The molecule has 1 aromatic heterocycles. The number of likely N-dealkylation sites (tertiary alicyclic amines) is 1. The number of nitrogens with zero attached hydrogens (tertiary/aromatic N) is 1. The minimum Gasteiger partial charge on any atom is -0.504 e. The minimum atomic E-state index is -1.49. The minimum absolute atomic E-state index is 0.121. The molecule has 0 spiro atoms. The van der Waals surface area contributed by atoms with E-state index in [1.165, 1.54) is 46.2 Å². The summed E-state index contributed by atoms with van der Waals surface area (Å²) in [5.41, 5.74) is 0.789. The lowest BCUT2D eigenvalue weighted by atomic mass is 9.66. The van der Waals surface area contributed by atoms with Crippen molar-refractivity contribution in [1.82, 2.24) is 10.2 Å². The number of hydrogen-bond acceptors (Lipinski definition) is 9. The van der Waals surface area contributed by atoms with Gasteiger partial charge in [0.25, 0.3) is 0 Å². The zero-order valence-corrected chi connectivity index (χ0v) is 27.9. The van der Waals surface area contributed by atoms with Gasteiger partial charge in [-0.3, -0.25) is 9.59 Å². The number of rotatable bonds is 12. The maximum atomic E-state index is 13.9. The van der Waals surface area contributed by atoms with Crippen LogP contribution >= 0.6 is 23.1 Å². The molecule has 5 unspecified atom stereocenters. The molecule has 1 aromatic carbocycles. The number of carbonyl (C=O) groups excluding carboxylic acids is 3. The van der Waals surface area contributed by atoms with Gasteiger partial charge < -0.3 is 30.3 Å². The summed E-state index contributed by atoms with van der Waals surface area (Å²) in [4.78, 5) is 41.9. The summed E-state index contributed by atoms with van der Waals surface area (Å²) >= 11 is 2.94. The highest BCUT2D eigenvalue weighted by Crippen LogP contribution is 2.57. The van der Waals surface area contributed by atoms with Crippen LogP contribution in [0.5, 0.6) is 11.5 Å². The molecule has 2 amide bonds. The van der Waals surface area contributed by atoms with E-state index >= 15 is 0 Å². The molecule has 1 saturated carbocycles. The molecule has 2 aliphatic rings. The monoisotopic (exact) mass is 646 g/mol. The average molecular weight is 647 g/mol. The quantitative estimate of drug-likeness (QED) is 0.142. The molecule has 0 radical (unpaired) electrons. The number of aromatic hydroxyl groups is 2. The zero-order valence-electron chi connectivity index (χ0n) is 26.2. The molecule has 1 saturated heterocycles. The van der Waals surface area contributed by atoms with Crippen LogP contribution in [0.2, 0.25) is 0 Å². The summed E-state index contributed by atoms with van der Waals surface area (Å²) < 4.78 is 6.91. The maximum absolute atomic E-state index is 13.9. The molecule has 242 valence electrons. The van der Waals surface area contributed by atoms with Gasteiger partial charge in [-0.15, -0.1) is 23.1 Å². The van der Waals surface area contributed by atoms with Crippen LogP contribution in [0.4, 0.5) is 0 Å². The normalized spacial score (nSPS) is 22.7. The molecule has 2 fully saturated rings. The van der Waals surface area contributed by atoms with E-state index in [4.69, 9.17) is 4.74 Å². The highest BCUT2D eigenvalue weighted by Gasteiger charge is 2.49. The number of esters is 1. The first-order chi connectivity index (χ1) is 20.7. The van der Waals surface area contributed by atoms with E-state index in [9.17, 15) is 29.7 Å². The van der Waals surface area contributed by atoms with Crippen molar-refractivity contribution in [3.05, 3.63) is 41.3 Å². The number of thioether (sulfide) groups is 1. The van der Waals surface area contributed by atoms with Gasteiger partial charge >= 0.3 is 5.97 Å². The molecule has 2 heterocycles. The third kappa shape index (κ3) is 7.90. The number of aliphatic hydroxyl groups excluding tert-OH is 1. The van der Waals surface area contributed by atoms with Gasteiger partial charge in [-0.2, -0.15) is 0 Å². The molecule has 1 aliphatic heterocycles. The summed E-state index contributed by atoms with van der Waals surface area (Å²) in [7, 11) is 0. The van der Waals surface area contributed by atoms with Gasteiger partial charge in [-0.1, -0.05) is 39.8 Å². The molecule has 44 heavy (non-hydrogen) atoms. The number of ether oxygens (including phenoxy) is 1. The van der Waals surface area contributed by atoms with Crippen LogP contribution in [0.25, 0.3) is 0 Å². The Morgan fingerprint density at radius 3 is 2.52 bits per heavy atom. The van der Waals surface area contributed by atoms with Crippen LogP contribution in [-0.2, 0) is 25.5 Å². The Balaban J connectivity index is 1.41. The first-order valence-corrected chi connectivity index (χ1v) is 17.2. The molecule has 5 atom stereocenters. The summed E-state index contributed by atoms with van der Waals surface area (Å²) in [5, 5.41) is 34.6. The fraction of sp³-hybridized carbons (Fsp3) is 0.606. The molecule has 1 aliphatic carbocycles. The van der Waals surface area contributed by atoms with Crippen molar-refractivity contribution in [2.24, 2.45) is 16.7 Å². The van der Waals surface area contributed by atoms with E-state index in [0.29, 0.717) is 30.9 Å². The van der Waals surface area contributed by atoms with Gasteiger partial charge in [-0.25, -0.2) is 4.79 Å². The number of hydrogen-bond donors (Lipinski definition) is 4. The summed E-state index contributed by atoms with van der Waals surface area (Å²) in [6.07, 6.45) is 2.25. The predicted molar refractivity (Wildman–Crippen MR) is 172 cm³/mol. The smallest absolute Gasteiger partial charge is 0.329 e. The fourth-order valence-corrected chi connectivity index (χ4v) is 8.17. The Labute approximate surface area is 268 Å². The number of phenols is 2. The Bertz CT molecular complexity index is 1310. The summed E-state index contributed by atoms with van der Waals surface area (Å²) in [6.45, 7) is 11.5. The van der Waals surface area contributed by atoms with Crippen molar-refractivity contribution in [2.75, 3.05) is 12.3 Å². The molecular formula is C33H46N2O7S2. The van der Waals surface area contributed by atoms with Crippen LogP contribution in [0.15, 0.2) is 39.9 Å². The molecular weight excluding hydrogens is 601 g/mol. The predicted octanol–water partition coefficient (Wildman–Crippen LogP) is 5.12. The molecule has 4 rings (SSSR count). The van der Waals surface area contributed by atoms with E-state index in [2.05, 4.69) is 33.0 Å². The van der Waals surface area contributed by atoms with Crippen LogP contribution in [0, 0.1) is 16.7 Å². The maximum Gasteiger partial charge on any atom is 0.329 e. The van der Waals surface area contributed by atoms with Gasteiger partial charge in [-0.05, 0) is 84.9 Å². The van der Waals surface area contributed by atoms with E-state index < -0.39 is 30.1 Å². The lowest BCUT2D eigenvalue weighted by Crippen LogP contribution is -2.55. The average Bonchev–Trinajstić information content (AvgIpc) is 3.70. The van der Waals surface area contributed by atoms with Gasteiger partial charge in [0.2, 0.25) is 11.8 Å². The molecule has 2 aromatic rings. The zero-order chi connectivity index (χ0) is 32.2. The fourth-order valence-electron chi connectivity index (χ4n) is 6.35. The highest BCUT2D eigenvalue weighted by molar-refractivity contribution is 8.01. The Morgan fingerprint density at radius 2 is 1.89 bits per heavy atom. The summed E-state index contributed by atoms with van der Waals surface area (Å²) in [6, 6.07) is 6.17. The second-order valence-corrected chi connectivity index (χ2v) is 15.6. The number of phenolic OH excluding ortho intramolecular Hbond substituents is 2. The van der Waals surface area contributed by atoms with Crippen molar-refractivity contribution >= 4 is 40.9 Å². The Kier molecular flexibility index (Phi) is 11.0. The van der Waals surface area contributed by atoms with Gasteiger partial charge in [0.05, 0.1) is 10.3 Å². The molecule has 9 nitrogen and oxygen atoms in total. The number of nitrogens with one attached hydrogen (secondary N) is 1. The second kappa shape index (κ2) is 14.1. The van der Waals surface area contributed by atoms with E-state index in [1.54, 1.807) is 0 Å². The first-order valence-electron chi connectivity index (χ1n) is 15.4. The van der Waals surface area contributed by atoms with E-state index in [0.717, 1.165) is 23.5 Å². The number of carbonyl (C=O) groups is 3. The van der Waals surface area contributed by atoms with Crippen molar-refractivity contribution in [1.29, 1.82) is 0 Å². The molecule has 11 heteroatoms. The second-order valence-electron chi connectivity index (χ2n) is 13.4. The standard InChI is InChI=1S/C33H46N2O7S2/c1-20(16-22-12-13-32(2,3)33(22,4)5)42-31(41)24-8-6-14-35(24)30(40)23(19-44-28-9-7-15-43-28)34-29(39)27(38)18-21-10-11-25(36)26(37)17-21/h7,9-11,15,17,20,22-24,27,36-38H,6,8,12-14,16,18-19H2,1-5H3,(H,34,39). The van der Waals surface area contributed by atoms with Gasteiger partial charge in [0.15, 0.2) is 11.5 Å². The van der Waals surface area contributed by atoms with E-state index in [1.807, 2.05) is 24.4 Å². The third-order valence-corrected chi connectivity index (χ3v) is 12.1. The molecule has 0 bridgehead atoms. The van der Waals surface area contributed by atoms with Crippen molar-refractivity contribution in [2.45, 2.75) is 102 Å². The van der Waals surface area contributed by atoms with Crippen molar-refractivity contribution in [3.8, 4) is 11.5 Å². The van der Waals surface area contributed by atoms with Crippen LogP contribution < -0.4 is 5.32 Å². The number of benzene rings is 1. The van der Waals surface area contributed by atoms with Gasteiger partial charge in [0, 0.05) is 18.7 Å². The van der Waals surface area contributed by atoms with Crippen molar-refractivity contribution < 1.29 is 34.4 Å². The van der Waals surface area contributed by atoms with E-state index in [-0.39, 0.29) is 46.5 Å². The topological polar surface area (TPSA) is 136 Å². The Hall–Kier alpha value is -2.76. The van der Waals surface area contributed by atoms with Crippen molar-refractivity contribution in [3.63, 3.8) is 0 Å². The number of amides is 2. The van der Waals surface area contributed by atoms with Crippen LogP contribution in [-0.4, -0.2) is 74.6 Å². The number of aliphatic hydroxyl groups is 1. The van der Waals surface area contributed by atoms with Gasteiger partial charge in [0.1, 0.15) is 18.2 Å². The SMILES string of the molecule is CC(CC1CCC(C)(C)C1(C)C)OC(=O)C1CCCN1C(=O)C(CSc1cccs1)NC(=O)C(O)Cc1ccc(O)c(O)c1. The largest absolute Gasteiger partial charge is 0.504 e. The Morgan fingerprint density at radius 1 is 1.14 bits per heavy atom. The van der Waals surface area contributed by atoms with Crippen LogP contribution in [0.1, 0.15) is 72.3 Å². The summed E-state index contributed by atoms with van der Waals surface area (Å²) in [5.74, 6) is -1.54. The molecule has 4 N–H and O–H groups in total. The number of thiophene rings is 1. The third-order valence-electron chi connectivity index (χ3n) is 9.90. The van der Waals surface area contributed by atoms with Crippen LogP contribution in [0.3, 0.4) is 0 Å². The first kappa shape index (κ1) is 34.1.